The van der Waals surface area contributed by atoms with Gasteiger partial charge in [0, 0.05) is 12.8 Å². The van der Waals surface area contributed by atoms with Crippen molar-refractivity contribution in [1.29, 1.82) is 0 Å². The zero-order valence-corrected chi connectivity index (χ0v) is 25.2. The molecule has 1 aromatic carbocycles. The highest BCUT2D eigenvalue weighted by atomic mass is 16.7. The van der Waals surface area contributed by atoms with E-state index in [1.165, 1.54) is 19.2 Å². The third-order valence-electron chi connectivity index (χ3n) is 5.56. The molecule has 1 unspecified atom stereocenters. The molecule has 226 valence electrons. The maximum atomic E-state index is 12.6. The van der Waals surface area contributed by atoms with Crippen molar-refractivity contribution < 1.29 is 47.6 Å². The fourth-order valence-corrected chi connectivity index (χ4v) is 3.09. The molecule has 0 aromatic heterocycles. The van der Waals surface area contributed by atoms with Crippen LogP contribution in [0.15, 0.2) is 18.2 Å². The van der Waals surface area contributed by atoms with Gasteiger partial charge in [-0.1, -0.05) is 61.5 Å². The van der Waals surface area contributed by atoms with E-state index in [2.05, 4.69) is 0 Å². The number of esters is 2. The van der Waals surface area contributed by atoms with Crippen molar-refractivity contribution in [2.75, 3.05) is 26.9 Å². The second-order valence-corrected chi connectivity index (χ2v) is 12.2. The topological polar surface area (TPSA) is 150 Å². The van der Waals surface area contributed by atoms with Gasteiger partial charge in [-0.05, 0) is 34.9 Å². The lowest BCUT2D eigenvalue weighted by Gasteiger charge is -2.27. The molecule has 11 nitrogen and oxygen atoms in total. The molecule has 1 aromatic rings. The number of nitrogens with two attached hydrogens (primary N) is 1. The number of rotatable bonds is 12. The first-order valence-corrected chi connectivity index (χ1v) is 13.2. The minimum absolute atomic E-state index is 0.0248. The van der Waals surface area contributed by atoms with Gasteiger partial charge in [0.1, 0.15) is 5.54 Å². The molecule has 0 aliphatic rings. The van der Waals surface area contributed by atoms with Crippen LogP contribution >= 0.6 is 0 Å². The summed E-state index contributed by atoms with van der Waals surface area (Å²) >= 11 is 0. The van der Waals surface area contributed by atoms with Crippen LogP contribution in [0.1, 0.15) is 73.8 Å². The van der Waals surface area contributed by atoms with E-state index >= 15 is 0 Å². The van der Waals surface area contributed by atoms with Crippen LogP contribution < -0.4 is 15.2 Å². The molecule has 40 heavy (non-hydrogen) atoms. The van der Waals surface area contributed by atoms with E-state index in [1.807, 2.05) is 48.5 Å². The molecule has 0 radical (unpaired) electrons. The molecule has 0 aliphatic heterocycles. The van der Waals surface area contributed by atoms with Crippen LogP contribution in [0.3, 0.4) is 0 Å². The third-order valence-corrected chi connectivity index (χ3v) is 5.56. The van der Waals surface area contributed by atoms with Crippen molar-refractivity contribution in [1.82, 2.24) is 0 Å². The van der Waals surface area contributed by atoms with Gasteiger partial charge in [-0.15, -0.1) is 0 Å². The minimum atomic E-state index is -1.57. The van der Waals surface area contributed by atoms with Crippen molar-refractivity contribution in [2.45, 2.75) is 80.2 Å². The molecule has 2 N–H and O–H groups in total. The Morgan fingerprint density at radius 1 is 0.850 bits per heavy atom. The van der Waals surface area contributed by atoms with E-state index in [0.29, 0.717) is 12.0 Å². The SMILES string of the molecule is CCC(C)C(=O)OCC[C@@](N)(Cc1ccc(OC(=O)OCC(C)(C)C)c(OC(=O)OCC(C)(C)C)c1)C(=O)OC. The molecule has 0 fully saturated rings. The summed E-state index contributed by atoms with van der Waals surface area (Å²) in [5, 5.41) is 0. The first-order chi connectivity index (χ1) is 18.4. The van der Waals surface area contributed by atoms with Gasteiger partial charge in [-0.25, -0.2) is 9.59 Å². The molecule has 0 aliphatic carbocycles. The lowest BCUT2D eigenvalue weighted by molar-refractivity contribution is -0.153. The molecule has 11 heteroatoms. The number of hydrogen-bond donors (Lipinski definition) is 1. The summed E-state index contributed by atoms with van der Waals surface area (Å²) in [7, 11) is 1.20. The lowest BCUT2D eigenvalue weighted by Crippen LogP contribution is -2.51. The quantitative estimate of drug-likeness (QED) is 0.202. The number of hydrogen-bond acceptors (Lipinski definition) is 11. The van der Waals surface area contributed by atoms with Gasteiger partial charge in [0.15, 0.2) is 11.5 Å². The monoisotopic (exact) mass is 567 g/mol. The largest absolute Gasteiger partial charge is 0.513 e. The van der Waals surface area contributed by atoms with Gasteiger partial charge in [-0.2, -0.15) is 0 Å². The van der Waals surface area contributed by atoms with E-state index in [4.69, 9.17) is 34.2 Å². The highest BCUT2D eigenvalue weighted by Gasteiger charge is 2.36. The average Bonchev–Trinajstić information content (AvgIpc) is 2.85. The molecule has 0 heterocycles. The Hall–Kier alpha value is -3.34. The van der Waals surface area contributed by atoms with Crippen LogP contribution in [-0.2, 0) is 35.0 Å². The lowest BCUT2D eigenvalue weighted by atomic mass is 9.88. The molecule has 2 atom stereocenters. The minimum Gasteiger partial charge on any atom is -0.468 e. The zero-order valence-electron chi connectivity index (χ0n) is 25.2. The normalized spacial score (nSPS) is 13.8. The van der Waals surface area contributed by atoms with E-state index in [0.717, 1.165) is 0 Å². The van der Waals surface area contributed by atoms with Crippen molar-refractivity contribution in [3.05, 3.63) is 23.8 Å². The highest BCUT2D eigenvalue weighted by Crippen LogP contribution is 2.32. The Morgan fingerprint density at radius 3 is 1.85 bits per heavy atom. The van der Waals surface area contributed by atoms with Crippen LogP contribution in [0.2, 0.25) is 0 Å². The van der Waals surface area contributed by atoms with Gasteiger partial charge in [-0.3, -0.25) is 9.59 Å². The molecular formula is C29H45NO10. The maximum absolute atomic E-state index is 12.6. The molecular weight excluding hydrogens is 522 g/mol. The Kier molecular flexibility index (Phi) is 12.9. The smallest absolute Gasteiger partial charge is 0.468 e. The fraction of sp³-hybridized carbons (Fsp3) is 0.655. The van der Waals surface area contributed by atoms with Crippen molar-refractivity contribution in [3.8, 4) is 11.5 Å². The standard InChI is InChI=1S/C29H45NO10/c1-10-19(2)23(31)36-14-13-29(30,24(32)35-9)16-20-11-12-21(39-25(33)37-17-27(3,4)5)22(15-20)40-26(34)38-18-28(6,7)8/h11-12,15,19H,10,13-14,16-18,30H2,1-9H3/t19?,29-/m1/s1. The summed E-state index contributed by atoms with van der Waals surface area (Å²) in [5.41, 5.74) is 4.71. The third kappa shape index (κ3) is 12.7. The van der Waals surface area contributed by atoms with E-state index in [-0.39, 0.29) is 66.9 Å². The Morgan fingerprint density at radius 2 is 1.38 bits per heavy atom. The highest BCUT2D eigenvalue weighted by molar-refractivity contribution is 5.81. The molecule has 0 amide bonds. The Balaban J connectivity index is 3.20. The van der Waals surface area contributed by atoms with Crippen LogP contribution in [0.5, 0.6) is 11.5 Å². The summed E-state index contributed by atoms with van der Waals surface area (Å²) in [6.07, 6.45) is -1.47. The zero-order chi connectivity index (χ0) is 30.7. The van der Waals surface area contributed by atoms with Crippen LogP contribution in [-0.4, -0.2) is 56.7 Å². The maximum Gasteiger partial charge on any atom is 0.513 e. The Bertz CT molecular complexity index is 1020. The van der Waals surface area contributed by atoms with Gasteiger partial charge in [0.05, 0.1) is 32.8 Å². The first-order valence-electron chi connectivity index (χ1n) is 13.2. The van der Waals surface area contributed by atoms with Crippen LogP contribution in [0.25, 0.3) is 0 Å². The molecule has 0 spiro atoms. The van der Waals surface area contributed by atoms with E-state index in [9.17, 15) is 19.2 Å². The average molecular weight is 568 g/mol. The molecule has 0 saturated carbocycles. The van der Waals surface area contributed by atoms with Gasteiger partial charge >= 0.3 is 24.2 Å². The van der Waals surface area contributed by atoms with Crippen molar-refractivity contribution in [3.63, 3.8) is 0 Å². The van der Waals surface area contributed by atoms with E-state index in [1.54, 1.807) is 13.0 Å². The predicted octanol–water partition coefficient (Wildman–Crippen LogP) is 5.20. The number of carbonyl (C=O) groups is 4. The van der Waals surface area contributed by atoms with Gasteiger partial charge in [0.2, 0.25) is 0 Å². The summed E-state index contributed by atoms with van der Waals surface area (Å²) in [5.74, 6) is -1.63. The summed E-state index contributed by atoms with van der Waals surface area (Å²) < 4.78 is 31.2. The summed E-state index contributed by atoms with van der Waals surface area (Å²) in [4.78, 5) is 49.4. The second-order valence-electron chi connectivity index (χ2n) is 12.2. The molecule has 1 rings (SSSR count). The van der Waals surface area contributed by atoms with Crippen LogP contribution in [0.4, 0.5) is 9.59 Å². The second kappa shape index (κ2) is 14.9. The summed E-state index contributed by atoms with van der Waals surface area (Å²) in [6, 6.07) is 4.34. The number of benzene rings is 1. The van der Waals surface area contributed by atoms with Crippen molar-refractivity contribution in [2.24, 2.45) is 22.5 Å². The van der Waals surface area contributed by atoms with E-state index < -0.39 is 23.8 Å². The van der Waals surface area contributed by atoms with Gasteiger partial charge in [0.25, 0.3) is 0 Å². The van der Waals surface area contributed by atoms with Crippen LogP contribution in [0, 0.1) is 16.7 Å². The number of carbonyl (C=O) groups excluding carboxylic acids is 4. The Labute approximate surface area is 236 Å². The molecule has 0 saturated heterocycles. The van der Waals surface area contributed by atoms with Gasteiger partial charge < -0.3 is 34.2 Å². The summed E-state index contributed by atoms with van der Waals surface area (Å²) in [6.45, 7) is 15.0. The first kappa shape index (κ1) is 34.7. The molecule has 0 bridgehead atoms. The number of ether oxygens (including phenoxy) is 6. The number of methoxy groups -OCH3 is 1. The fourth-order valence-electron chi connectivity index (χ4n) is 3.09. The predicted molar refractivity (Wildman–Crippen MR) is 147 cm³/mol. The van der Waals surface area contributed by atoms with Crippen molar-refractivity contribution >= 4 is 24.2 Å².